The van der Waals surface area contributed by atoms with Gasteiger partial charge in [-0.15, -0.1) is 0 Å². The molecule has 2 amide bonds. The maximum Gasteiger partial charge on any atom is 0.411 e. The maximum atomic E-state index is 12.6. The van der Waals surface area contributed by atoms with Crippen LogP contribution in [0.1, 0.15) is 59.8 Å². The van der Waals surface area contributed by atoms with Crippen molar-refractivity contribution in [3.05, 3.63) is 0 Å². The number of amides is 2. The summed E-state index contributed by atoms with van der Waals surface area (Å²) < 4.78 is 5.54. The lowest BCUT2D eigenvalue weighted by molar-refractivity contribution is -0.135. The van der Waals surface area contributed by atoms with Gasteiger partial charge in [-0.3, -0.25) is 9.69 Å². The smallest absolute Gasteiger partial charge is 0.411 e. The van der Waals surface area contributed by atoms with Crippen molar-refractivity contribution in [2.24, 2.45) is 0 Å². The van der Waals surface area contributed by atoms with E-state index in [9.17, 15) is 9.59 Å². The second kappa shape index (κ2) is 5.26. The van der Waals surface area contributed by atoms with Gasteiger partial charge >= 0.3 is 6.09 Å². The lowest BCUT2D eigenvalue weighted by atomic mass is 9.87. The van der Waals surface area contributed by atoms with E-state index in [1.807, 2.05) is 20.8 Å². The van der Waals surface area contributed by atoms with E-state index in [4.69, 9.17) is 4.74 Å². The summed E-state index contributed by atoms with van der Waals surface area (Å²) in [6.07, 6.45) is 3.79. The van der Waals surface area contributed by atoms with Crippen molar-refractivity contribution in [2.75, 3.05) is 6.54 Å². The largest absolute Gasteiger partial charge is 0.444 e. The molecule has 0 aliphatic carbocycles. The second-order valence-electron chi connectivity index (χ2n) is 6.84. The molecule has 2 atom stereocenters. The minimum absolute atomic E-state index is 0.00874. The van der Waals surface area contributed by atoms with Crippen LogP contribution in [-0.4, -0.2) is 40.6 Å². The van der Waals surface area contributed by atoms with Crippen LogP contribution in [0.4, 0.5) is 4.79 Å². The van der Waals surface area contributed by atoms with Gasteiger partial charge in [0.15, 0.2) is 0 Å². The van der Waals surface area contributed by atoms with Crippen LogP contribution in [0.15, 0.2) is 0 Å². The molecule has 0 saturated carbocycles. The molecule has 20 heavy (non-hydrogen) atoms. The Morgan fingerprint density at radius 2 is 2.15 bits per heavy atom. The molecule has 1 N–H and O–H groups in total. The third kappa shape index (κ3) is 2.63. The van der Waals surface area contributed by atoms with Gasteiger partial charge in [-0.1, -0.05) is 6.92 Å². The SMILES string of the molecule is CC[C@H]1CC[C@@]2(CCCNC2=O)N1C(=O)OC(C)(C)C. The van der Waals surface area contributed by atoms with Crippen molar-refractivity contribution in [2.45, 2.75) is 77.0 Å². The third-order valence-electron chi connectivity index (χ3n) is 4.25. The summed E-state index contributed by atoms with van der Waals surface area (Å²) in [7, 11) is 0. The zero-order valence-electron chi connectivity index (χ0n) is 13.0. The van der Waals surface area contributed by atoms with Crippen molar-refractivity contribution >= 4 is 12.0 Å². The summed E-state index contributed by atoms with van der Waals surface area (Å²) in [6, 6.07) is 0.105. The molecule has 2 fully saturated rings. The fraction of sp³-hybridized carbons (Fsp3) is 0.867. The lowest BCUT2D eigenvalue weighted by Gasteiger charge is -2.42. The zero-order chi connectivity index (χ0) is 15.0. The van der Waals surface area contributed by atoms with E-state index in [2.05, 4.69) is 12.2 Å². The number of nitrogens with zero attached hydrogens (tertiary/aromatic N) is 1. The monoisotopic (exact) mass is 282 g/mol. The van der Waals surface area contributed by atoms with Crippen LogP contribution in [0, 0.1) is 0 Å². The first-order valence-corrected chi connectivity index (χ1v) is 7.61. The molecule has 5 heteroatoms. The Balaban J connectivity index is 2.28. The molecule has 1 spiro atoms. The summed E-state index contributed by atoms with van der Waals surface area (Å²) >= 11 is 0. The van der Waals surface area contributed by atoms with Crippen LogP contribution in [0.2, 0.25) is 0 Å². The normalized spacial score (nSPS) is 30.5. The predicted molar refractivity (Wildman–Crippen MR) is 76.4 cm³/mol. The molecule has 0 aromatic rings. The number of rotatable bonds is 1. The highest BCUT2D eigenvalue weighted by molar-refractivity contribution is 5.91. The molecular formula is C15H26N2O3. The highest BCUT2D eigenvalue weighted by atomic mass is 16.6. The lowest BCUT2D eigenvalue weighted by Crippen LogP contribution is -2.62. The molecule has 2 heterocycles. The maximum absolute atomic E-state index is 12.6. The number of carbonyl (C=O) groups is 2. The van der Waals surface area contributed by atoms with E-state index in [-0.39, 0.29) is 18.0 Å². The fourth-order valence-electron chi connectivity index (χ4n) is 3.36. The molecule has 0 bridgehead atoms. The average Bonchev–Trinajstić information content (AvgIpc) is 2.71. The quantitative estimate of drug-likeness (QED) is 0.803. The number of ether oxygens (including phenoxy) is 1. The number of hydrogen-bond acceptors (Lipinski definition) is 3. The van der Waals surface area contributed by atoms with Crippen molar-refractivity contribution < 1.29 is 14.3 Å². The van der Waals surface area contributed by atoms with Crippen LogP contribution in [-0.2, 0) is 9.53 Å². The standard InChI is InChI=1S/C15H26N2O3/c1-5-11-7-9-15(8-6-10-16-12(15)18)17(11)13(19)20-14(2,3)4/h11H,5-10H2,1-4H3,(H,16,18)/t11-,15+/m0/s1. The predicted octanol–water partition coefficient (Wildman–Crippen LogP) is 2.44. The number of hydrogen-bond donors (Lipinski definition) is 1. The Morgan fingerprint density at radius 1 is 1.45 bits per heavy atom. The van der Waals surface area contributed by atoms with Crippen LogP contribution < -0.4 is 5.32 Å². The van der Waals surface area contributed by atoms with Gasteiger partial charge in [0, 0.05) is 12.6 Å². The molecule has 0 aromatic heterocycles. The van der Waals surface area contributed by atoms with Crippen molar-refractivity contribution in [3.8, 4) is 0 Å². The van der Waals surface area contributed by atoms with Gasteiger partial charge in [0.25, 0.3) is 0 Å². The van der Waals surface area contributed by atoms with Gasteiger partial charge in [-0.05, 0) is 52.9 Å². The van der Waals surface area contributed by atoms with Crippen LogP contribution in [0.25, 0.3) is 0 Å². The van der Waals surface area contributed by atoms with Gasteiger partial charge in [0.05, 0.1) is 0 Å². The number of nitrogens with one attached hydrogen (secondary N) is 1. The summed E-state index contributed by atoms with van der Waals surface area (Å²) in [5, 5.41) is 2.92. The van der Waals surface area contributed by atoms with Crippen molar-refractivity contribution in [1.29, 1.82) is 0 Å². The highest BCUT2D eigenvalue weighted by Gasteiger charge is 2.55. The molecule has 0 aromatic carbocycles. The Bertz CT molecular complexity index is 402. The molecule has 2 aliphatic rings. The van der Waals surface area contributed by atoms with E-state index in [1.54, 1.807) is 4.90 Å². The van der Waals surface area contributed by atoms with Crippen LogP contribution in [0.3, 0.4) is 0 Å². The van der Waals surface area contributed by atoms with Crippen LogP contribution in [0.5, 0.6) is 0 Å². The fourth-order valence-corrected chi connectivity index (χ4v) is 3.36. The minimum atomic E-state index is -0.679. The minimum Gasteiger partial charge on any atom is -0.444 e. The van der Waals surface area contributed by atoms with E-state index >= 15 is 0 Å². The molecular weight excluding hydrogens is 256 g/mol. The van der Waals surface area contributed by atoms with E-state index < -0.39 is 11.1 Å². The van der Waals surface area contributed by atoms with Gasteiger partial charge in [-0.25, -0.2) is 4.79 Å². The van der Waals surface area contributed by atoms with Gasteiger partial charge in [0.2, 0.25) is 5.91 Å². The summed E-state index contributed by atoms with van der Waals surface area (Å²) in [5.74, 6) is -0.00874. The summed E-state index contributed by atoms with van der Waals surface area (Å²) in [6.45, 7) is 8.34. The first-order valence-electron chi connectivity index (χ1n) is 7.61. The molecule has 0 radical (unpaired) electrons. The number of piperidine rings is 1. The number of carbonyl (C=O) groups excluding carboxylic acids is 2. The van der Waals surface area contributed by atoms with E-state index in [1.165, 1.54) is 0 Å². The number of likely N-dealkylation sites (tertiary alicyclic amines) is 1. The molecule has 2 aliphatic heterocycles. The zero-order valence-corrected chi connectivity index (χ0v) is 13.0. The van der Waals surface area contributed by atoms with Crippen LogP contribution >= 0.6 is 0 Å². The molecule has 5 nitrogen and oxygen atoms in total. The Kier molecular flexibility index (Phi) is 3.98. The highest BCUT2D eigenvalue weighted by Crippen LogP contribution is 2.41. The first-order chi connectivity index (χ1) is 9.30. The van der Waals surface area contributed by atoms with Gasteiger partial charge in [-0.2, -0.15) is 0 Å². The topological polar surface area (TPSA) is 58.6 Å². The second-order valence-corrected chi connectivity index (χ2v) is 6.84. The Morgan fingerprint density at radius 3 is 2.70 bits per heavy atom. The Hall–Kier alpha value is -1.26. The molecule has 2 rings (SSSR count). The van der Waals surface area contributed by atoms with Crippen molar-refractivity contribution in [1.82, 2.24) is 10.2 Å². The summed E-state index contributed by atoms with van der Waals surface area (Å²) in [4.78, 5) is 26.7. The summed E-state index contributed by atoms with van der Waals surface area (Å²) in [5.41, 5.74) is -1.22. The van der Waals surface area contributed by atoms with Crippen molar-refractivity contribution in [3.63, 3.8) is 0 Å². The molecule has 114 valence electrons. The van der Waals surface area contributed by atoms with E-state index in [0.717, 1.165) is 32.1 Å². The third-order valence-corrected chi connectivity index (χ3v) is 4.25. The Labute approximate surface area is 121 Å². The first kappa shape index (κ1) is 15.1. The molecule has 0 unspecified atom stereocenters. The van der Waals surface area contributed by atoms with Gasteiger partial charge in [0.1, 0.15) is 11.1 Å². The van der Waals surface area contributed by atoms with E-state index in [0.29, 0.717) is 6.54 Å². The average molecular weight is 282 g/mol. The molecule has 2 saturated heterocycles. The van der Waals surface area contributed by atoms with Gasteiger partial charge < -0.3 is 10.1 Å².